The molecule has 2 heterocycles. The van der Waals surface area contributed by atoms with Gasteiger partial charge in [-0.3, -0.25) is 10.1 Å². The first-order valence-corrected chi connectivity index (χ1v) is 9.70. The molecule has 0 aliphatic carbocycles. The number of aromatic nitrogens is 1. The predicted molar refractivity (Wildman–Crippen MR) is 106 cm³/mol. The normalized spacial score (nSPS) is 13.1. The van der Waals surface area contributed by atoms with Gasteiger partial charge in [-0.25, -0.2) is 4.98 Å². The standard InChI is InChI=1S/C21H20N2O3S/c1-14-4-2-5-15(10-14)11-17-13-22-21(27-17)23-20(24)16-6-7-18-19(12-16)26-9-3-8-25-18/h2,4-7,10,12-13H,3,8-9,11H2,1H3,(H,22,23,24). The number of carbonyl (C=O) groups is 1. The number of amides is 1. The van der Waals surface area contributed by atoms with Gasteiger partial charge in [0.25, 0.3) is 5.91 Å². The fourth-order valence-corrected chi connectivity index (χ4v) is 3.79. The second-order valence-corrected chi connectivity index (χ2v) is 7.58. The highest BCUT2D eigenvalue weighted by Crippen LogP contribution is 2.31. The molecule has 1 aromatic heterocycles. The SMILES string of the molecule is Cc1cccc(Cc2cnc(NC(=O)c3ccc4c(c3)OCCCO4)s2)c1. The van der Waals surface area contributed by atoms with Gasteiger partial charge in [-0.1, -0.05) is 29.8 Å². The summed E-state index contributed by atoms with van der Waals surface area (Å²) in [6.07, 6.45) is 3.45. The van der Waals surface area contributed by atoms with Gasteiger partial charge in [0.1, 0.15) is 0 Å². The van der Waals surface area contributed by atoms with Crippen LogP contribution in [0.25, 0.3) is 0 Å². The zero-order valence-corrected chi connectivity index (χ0v) is 15.8. The minimum absolute atomic E-state index is 0.206. The van der Waals surface area contributed by atoms with Gasteiger partial charge in [0.05, 0.1) is 13.2 Å². The summed E-state index contributed by atoms with van der Waals surface area (Å²) in [6.45, 7) is 3.30. The third-order valence-corrected chi connectivity index (χ3v) is 5.16. The molecule has 0 saturated carbocycles. The molecule has 0 radical (unpaired) electrons. The van der Waals surface area contributed by atoms with Gasteiger partial charge in [-0.2, -0.15) is 0 Å². The number of hydrogen-bond acceptors (Lipinski definition) is 5. The van der Waals surface area contributed by atoms with Gasteiger partial charge in [-0.15, -0.1) is 11.3 Å². The van der Waals surface area contributed by atoms with Crippen LogP contribution < -0.4 is 14.8 Å². The number of nitrogens with one attached hydrogen (secondary N) is 1. The molecule has 0 saturated heterocycles. The number of ether oxygens (including phenoxy) is 2. The maximum absolute atomic E-state index is 12.6. The van der Waals surface area contributed by atoms with Gasteiger partial charge < -0.3 is 9.47 Å². The highest BCUT2D eigenvalue weighted by molar-refractivity contribution is 7.15. The lowest BCUT2D eigenvalue weighted by Gasteiger charge is -2.08. The third-order valence-electron chi connectivity index (χ3n) is 4.24. The first kappa shape index (κ1) is 17.5. The van der Waals surface area contributed by atoms with Crippen molar-refractivity contribution in [3.63, 3.8) is 0 Å². The van der Waals surface area contributed by atoms with E-state index in [9.17, 15) is 4.79 Å². The van der Waals surface area contributed by atoms with Crippen molar-refractivity contribution in [3.05, 3.63) is 70.2 Å². The minimum atomic E-state index is -0.206. The Hall–Kier alpha value is -2.86. The molecular weight excluding hydrogens is 360 g/mol. The van der Waals surface area contributed by atoms with E-state index in [0.717, 1.165) is 17.7 Å². The number of thiazole rings is 1. The minimum Gasteiger partial charge on any atom is -0.490 e. The number of anilines is 1. The Morgan fingerprint density at radius 1 is 1.15 bits per heavy atom. The van der Waals surface area contributed by atoms with Crippen LogP contribution >= 0.6 is 11.3 Å². The van der Waals surface area contributed by atoms with Gasteiger partial charge in [0.2, 0.25) is 0 Å². The number of nitrogens with zero attached hydrogens (tertiary/aromatic N) is 1. The Morgan fingerprint density at radius 2 is 2.00 bits per heavy atom. The predicted octanol–water partition coefficient (Wildman–Crippen LogP) is 4.46. The second kappa shape index (κ2) is 7.80. The van der Waals surface area contributed by atoms with Crippen LogP contribution in [-0.2, 0) is 6.42 Å². The van der Waals surface area contributed by atoms with Crippen molar-refractivity contribution in [3.8, 4) is 11.5 Å². The van der Waals surface area contributed by atoms with Crippen LogP contribution in [0.4, 0.5) is 5.13 Å². The lowest BCUT2D eigenvalue weighted by atomic mass is 10.1. The summed E-state index contributed by atoms with van der Waals surface area (Å²) in [5, 5.41) is 3.46. The molecule has 0 atom stereocenters. The average molecular weight is 380 g/mol. The number of fused-ring (bicyclic) bond motifs is 1. The summed E-state index contributed by atoms with van der Waals surface area (Å²) in [5.74, 6) is 1.08. The molecule has 0 fully saturated rings. The number of benzene rings is 2. The highest BCUT2D eigenvalue weighted by atomic mass is 32.1. The van der Waals surface area contributed by atoms with Crippen LogP contribution in [0.15, 0.2) is 48.7 Å². The summed E-state index contributed by atoms with van der Waals surface area (Å²) in [6, 6.07) is 13.6. The molecule has 0 spiro atoms. The summed E-state index contributed by atoms with van der Waals surface area (Å²) < 4.78 is 11.3. The van der Waals surface area contributed by atoms with Crippen molar-refractivity contribution >= 4 is 22.4 Å². The van der Waals surface area contributed by atoms with Crippen molar-refractivity contribution in [1.82, 2.24) is 4.98 Å². The van der Waals surface area contributed by atoms with Crippen molar-refractivity contribution in [2.24, 2.45) is 0 Å². The van der Waals surface area contributed by atoms with Crippen LogP contribution in [-0.4, -0.2) is 24.1 Å². The van der Waals surface area contributed by atoms with Crippen molar-refractivity contribution in [2.75, 3.05) is 18.5 Å². The fourth-order valence-electron chi connectivity index (χ4n) is 2.94. The van der Waals surface area contributed by atoms with Crippen molar-refractivity contribution in [1.29, 1.82) is 0 Å². The molecule has 1 amide bonds. The molecule has 5 nitrogen and oxygen atoms in total. The van der Waals surface area contributed by atoms with E-state index in [-0.39, 0.29) is 5.91 Å². The lowest BCUT2D eigenvalue weighted by molar-refractivity contribution is 0.102. The zero-order valence-electron chi connectivity index (χ0n) is 15.0. The fraction of sp³-hybridized carbons (Fsp3) is 0.238. The highest BCUT2D eigenvalue weighted by Gasteiger charge is 2.15. The maximum atomic E-state index is 12.6. The molecule has 1 aliphatic heterocycles. The molecule has 27 heavy (non-hydrogen) atoms. The Kier molecular flexibility index (Phi) is 5.07. The Bertz CT molecular complexity index is 968. The summed E-state index contributed by atoms with van der Waals surface area (Å²) in [4.78, 5) is 18.0. The Labute approximate surface area is 162 Å². The summed E-state index contributed by atoms with van der Waals surface area (Å²) >= 11 is 1.49. The third kappa shape index (κ3) is 4.28. The summed E-state index contributed by atoms with van der Waals surface area (Å²) in [5.41, 5.74) is 2.99. The zero-order chi connectivity index (χ0) is 18.6. The average Bonchev–Trinajstić information content (AvgIpc) is 2.95. The molecule has 1 N–H and O–H groups in total. The second-order valence-electron chi connectivity index (χ2n) is 6.46. The maximum Gasteiger partial charge on any atom is 0.257 e. The molecular formula is C21H20N2O3S. The van der Waals surface area contributed by atoms with Gasteiger partial charge in [-0.05, 0) is 30.7 Å². The van der Waals surface area contributed by atoms with E-state index >= 15 is 0 Å². The molecule has 0 unspecified atom stereocenters. The molecule has 2 aromatic carbocycles. The van der Waals surface area contributed by atoms with E-state index in [0.29, 0.717) is 35.4 Å². The number of carbonyl (C=O) groups excluding carboxylic acids is 1. The van der Waals surface area contributed by atoms with E-state index in [4.69, 9.17) is 9.47 Å². The van der Waals surface area contributed by atoms with E-state index in [1.54, 1.807) is 18.2 Å². The van der Waals surface area contributed by atoms with E-state index in [1.807, 2.05) is 6.20 Å². The Morgan fingerprint density at radius 3 is 2.85 bits per heavy atom. The van der Waals surface area contributed by atoms with Crippen LogP contribution in [0.2, 0.25) is 0 Å². The summed E-state index contributed by atoms with van der Waals surface area (Å²) in [7, 11) is 0. The van der Waals surface area contributed by atoms with Gasteiger partial charge in [0.15, 0.2) is 16.6 Å². The largest absolute Gasteiger partial charge is 0.490 e. The smallest absolute Gasteiger partial charge is 0.257 e. The van der Waals surface area contributed by atoms with Crippen LogP contribution in [0.1, 0.15) is 32.8 Å². The first-order chi connectivity index (χ1) is 13.2. The first-order valence-electron chi connectivity index (χ1n) is 8.88. The quantitative estimate of drug-likeness (QED) is 0.726. The van der Waals surface area contributed by atoms with E-state index < -0.39 is 0 Å². The van der Waals surface area contributed by atoms with Gasteiger partial charge >= 0.3 is 0 Å². The molecule has 6 heteroatoms. The van der Waals surface area contributed by atoms with Gasteiger partial charge in [0, 0.05) is 29.5 Å². The number of hydrogen-bond donors (Lipinski definition) is 1. The molecule has 3 aromatic rings. The van der Waals surface area contributed by atoms with Crippen LogP contribution in [0.3, 0.4) is 0 Å². The molecule has 0 bridgehead atoms. The number of rotatable bonds is 4. The Balaban J connectivity index is 1.44. The monoisotopic (exact) mass is 380 g/mol. The molecule has 4 rings (SSSR count). The van der Waals surface area contributed by atoms with E-state index in [2.05, 4.69) is 41.5 Å². The molecule has 138 valence electrons. The topological polar surface area (TPSA) is 60.5 Å². The van der Waals surface area contributed by atoms with Crippen LogP contribution in [0.5, 0.6) is 11.5 Å². The molecule has 1 aliphatic rings. The number of aryl methyl sites for hydroxylation is 1. The van der Waals surface area contributed by atoms with Crippen molar-refractivity contribution in [2.45, 2.75) is 19.8 Å². The van der Waals surface area contributed by atoms with Crippen LogP contribution in [0, 0.1) is 6.92 Å². The van der Waals surface area contributed by atoms with E-state index in [1.165, 1.54) is 22.5 Å². The lowest BCUT2D eigenvalue weighted by Crippen LogP contribution is -2.11. The van der Waals surface area contributed by atoms with Crippen molar-refractivity contribution < 1.29 is 14.3 Å².